The Hall–Kier alpha value is -4.43. The highest BCUT2D eigenvalue weighted by Crippen LogP contribution is 2.25. The molecule has 0 radical (unpaired) electrons. The molecule has 8 nitrogen and oxygen atoms in total. The number of nitrogens with one attached hydrogen (secondary N) is 2. The summed E-state index contributed by atoms with van der Waals surface area (Å²) >= 11 is 0. The molecule has 2 amide bonds. The van der Waals surface area contributed by atoms with Crippen molar-refractivity contribution >= 4 is 22.7 Å². The summed E-state index contributed by atoms with van der Waals surface area (Å²) in [6.07, 6.45) is 2.42. The molecule has 8 heteroatoms. The first-order valence-electron chi connectivity index (χ1n) is 13.6. The van der Waals surface area contributed by atoms with E-state index < -0.39 is 0 Å². The van der Waals surface area contributed by atoms with Crippen molar-refractivity contribution in [1.29, 1.82) is 0 Å². The van der Waals surface area contributed by atoms with Gasteiger partial charge in [-0.05, 0) is 66.4 Å². The largest absolute Gasteiger partial charge is 0.488 e. The van der Waals surface area contributed by atoms with E-state index in [1.807, 2.05) is 61.7 Å². The molecule has 0 aliphatic carbocycles. The van der Waals surface area contributed by atoms with Gasteiger partial charge in [-0.3, -0.25) is 19.5 Å². The predicted molar refractivity (Wildman–Crippen MR) is 152 cm³/mol. The van der Waals surface area contributed by atoms with Crippen molar-refractivity contribution in [3.05, 3.63) is 101 Å². The molecule has 4 heterocycles. The van der Waals surface area contributed by atoms with Crippen LogP contribution in [0.2, 0.25) is 0 Å². The number of carbonyl (C=O) groups excluding carboxylic acids is 2. The maximum Gasteiger partial charge on any atom is 0.258 e. The highest BCUT2D eigenvalue weighted by Gasteiger charge is 2.33. The van der Waals surface area contributed by atoms with Gasteiger partial charge in [0.2, 0.25) is 0 Å². The van der Waals surface area contributed by atoms with Gasteiger partial charge in [0, 0.05) is 43.3 Å². The number of hydrogen-bond donors (Lipinski definition) is 2. The lowest BCUT2D eigenvalue weighted by Gasteiger charge is -2.39. The van der Waals surface area contributed by atoms with Crippen molar-refractivity contribution in [2.24, 2.45) is 0 Å². The number of nitrogens with zero attached hydrogens (tertiary/aromatic N) is 2. The van der Waals surface area contributed by atoms with E-state index in [0.717, 1.165) is 47.3 Å². The van der Waals surface area contributed by atoms with Gasteiger partial charge in [-0.2, -0.15) is 0 Å². The van der Waals surface area contributed by atoms with Crippen LogP contribution < -0.4 is 20.1 Å². The highest BCUT2D eigenvalue weighted by atomic mass is 16.5. The first-order chi connectivity index (χ1) is 19.5. The first-order valence-corrected chi connectivity index (χ1v) is 13.6. The number of piperidine rings is 1. The van der Waals surface area contributed by atoms with Crippen LogP contribution in [0.5, 0.6) is 11.5 Å². The molecule has 1 aromatic heterocycles. The Morgan fingerprint density at radius 1 is 1.02 bits per heavy atom. The molecule has 4 aromatic rings. The van der Waals surface area contributed by atoms with Gasteiger partial charge in [0.05, 0.1) is 11.6 Å². The Bertz CT molecular complexity index is 1530. The van der Waals surface area contributed by atoms with Crippen LogP contribution in [-0.4, -0.2) is 53.5 Å². The number of fused-ring (bicyclic) bond motifs is 8. The van der Waals surface area contributed by atoms with E-state index in [9.17, 15) is 9.59 Å². The monoisotopic (exact) mass is 536 g/mol. The average Bonchev–Trinajstić information content (AvgIpc) is 2.97. The van der Waals surface area contributed by atoms with E-state index in [1.165, 1.54) is 5.56 Å². The minimum Gasteiger partial charge on any atom is -0.488 e. The number of aromatic nitrogens is 1. The van der Waals surface area contributed by atoms with Gasteiger partial charge in [0.15, 0.2) is 6.61 Å². The molecular weight excluding hydrogens is 504 g/mol. The molecule has 0 saturated carbocycles. The van der Waals surface area contributed by atoms with Crippen molar-refractivity contribution in [3.8, 4) is 11.5 Å². The number of ether oxygens (including phenoxy) is 2. The summed E-state index contributed by atoms with van der Waals surface area (Å²) in [5, 5.41) is 7.26. The lowest BCUT2D eigenvalue weighted by Crippen LogP contribution is -2.56. The summed E-state index contributed by atoms with van der Waals surface area (Å²) in [5.41, 5.74) is 4.48. The molecule has 40 heavy (non-hydrogen) atoms. The summed E-state index contributed by atoms with van der Waals surface area (Å²) in [7, 11) is 0. The third kappa shape index (κ3) is 5.77. The number of pyridine rings is 1. The first kappa shape index (κ1) is 25.8. The number of hydrogen-bond acceptors (Lipinski definition) is 6. The topological polar surface area (TPSA) is 92.8 Å². The summed E-state index contributed by atoms with van der Waals surface area (Å²) in [6, 6.07) is 23.0. The number of benzene rings is 3. The molecule has 1 saturated heterocycles. The molecule has 4 bridgehead atoms. The van der Waals surface area contributed by atoms with Crippen LogP contribution in [0.25, 0.3) is 10.9 Å². The Morgan fingerprint density at radius 3 is 2.75 bits per heavy atom. The SMILES string of the molecule is Cc1ccc2cc1OCC(=O)NCc1ccc(cc1)O[C@H]1CCN(Cc3ccnc4ccccc34)C[C@@H]1NC2=O. The van der Waals surface area contributed by atoms with E-state index in [-0.39, 0.29) is 30.6 Å². The zero-order valence-electron chi connectivity index (χ0n) is 22.4. The number of amides is 2. The van der Waals surface area contributed by atoms with Crippen LogP contribution in [0.15, 0.2) is 79.0 Å². The van der Waals surface area contributed by atoms with Crippen LogP contribution in [0, 0.1) is 6.92 Å². The lowest BCUT2D eigenvalue weighted by atomic mass is 9.99. The fourth-order valence-electron chi connectivity index (χ4n) is 5.36. The molecule has 0 unspecified atom stereocenters. The van der Waals surface area contributed by atoms with Gasteiger partial charge in [0.1, 0.15) is 17.6 Å². The third-order valence-electron chi connectivity index (χ3n) is 7.59. The zero-order chi connectivity index (χ0) is 27.5. The van der Waals surface area contributed by atoms with Crippen molar-refractivity contribution in [3.63, 3.8) is 0 Å². The Labute approximate surface area is 233 Å². The second-order valence-corrected chi connectivity index (χ2v) is 10.4. The second-order valence-electron chi connectivity index (χ2n) is 10.4. The number of aryl methyl sites for hydroxylation is 1. The number of likely N-dealkylation sites (tertiary alicyclic amines) is 1. The summed E-state index contributed by atoms with van der Waals surface area (Å²) in [4.78, 5) is 32.7. The minimum absolute atomic E-state index is 0.129. The van der Waals surface area contributed by atoms with E-state index >= 15 is 0 Å². The maximum absolute atomic E-state index is 13.5. The molecule has 3 aliphatic rings. The third-order valence-corrected chi connectivity index (χ3v) is 7.59. The Morgan fingerprint density at radius 2 is 1.88 bits per heavy atom. The van der Waals surface area contributed by atoms with Crippen LogP contribution in [0.3, 0.4) is 0 Å². The lowest BCUT2D eigenvalue weighted by molar-refractivity contribution is -0.123. The molecule has 204 valence electrons. The number of para-hydroxylation sites is 1. The molecule has 3 aliphatic heterocycles. The number of rotatable bonds is 2. The summed E-state index contributed by atoms with van der Waals surface area (Å²) in [6.45, 7) is 4.38. The molecule has 7 rings (SSSR count). The smallest absolute Gasteiger partial charge is 0.258 e. The van der Waals surface area contributed by atoms with Crippen molar-refractivity contribution in [1.82, 2.24) is 20.5 Å². The average molecular weight is 537 g/mol. The van der Waals surface area contributed by atoms with E-state index in [2.05, 4.69) is 32.7 Å². The van der Waals surface area contributed by atoms with Crippen LogP contribution in [-0.2, 0) is 17.9 Å². The maximum atomic E-state index is 13.5. The fourth-order valence-corrected chi connectivity index (χ4v) is 5.36. The molecular formula is C32H32N4O4. The van der Waals surface area contributed by atoms with Crippen LogP contribution in [0.1, 0.15) is 33.5 Å². The van der Waals surface area contributed by atoms with Crippen molar-refractivity contribution in [2.75, 3.05) is 19.7 Å². The standard InChI is InChI=1S/C32H32N4O4/c1-21-6-9-23-16-30(21)39-20-31(37)34-17-22-7-10-25(11-8-22)40-29-13-15-36(19-28(29)35-32(23)38)18-24-12-14-33-27-5-3-2-4-26(24)27/h2-12,14,16,28-29H,13,15,17-20H2,1H3,(H,34,37)(H,35,38)/t28-,29-/m0/s1. The number of carbonyl (C=O) groups is 2. The highest BCUT2D eigenvalue weighted by molar-refractivity contribution is 5.95. The van der Waals surface area contributed by atoms with Gasteiger partial charge in [-0.15, -0.1) is 0 Å². The fraction of sp³-hybridized carbons (Fsp3) is 0.281. The molecule has 2 atom stereocenters. The van der Waals surface area contributed by atoms with Gasteiger partial charge in [-0.25, -0.2) is 0 Å². The van der Waals surface area contributed by atoms with Crippen LogP contribution in [0.4, 0.5) is 0 Å². The summed E-state index contributed by atoms with van der Waals surface area (Å²) < 4.78 is 12.2. The molecule has 2 N–H and O–H groups in total. The van der Waals surface area contributed by atoms with Crippen molar-refractivity contribution in [2.45, 2.75) is 38.6 Å². The Kier molecular flexibility index (Phi) is 7.33. The zero-order valence-corrected chi connectivity index (χ0v) is 22.4. The second kappa shape index (κ2) is 11.4. The molecule has 3 aromatic carbocycles. The van der Waals surface area contributed by atoms with Gasteiger partial charge in [-0.1, -0.05) is 36.4 Å². The normalized spacial score (nSPS) is 20.0. The van der Waals surface area contributed by atoms with Crippen molar-refractivity contribution < 1.29 is 19.1 Å². The van der Waals surface area contributed by atoms with Gasteiger partial charge >= 0.3 is 0 Å². The summed E-state index contributed by atoms with van der Waals surface area (Å²) in [5.74, 6) is 0.813. The minimum atomic E-state index is -0.237. The molecule has 0 spiro atoms. The van der Waals surface area contributed by atoms with E-state index in [0.29, 0.717) is 24.4 Å². The van der Waals surface area contributed by atoms with Gasteiger partial charge in [0.25, 0.3) is 11.8 Å². The van der Waals surface area contributed by atoms with E-state index in [4.69, 9.17) is 9.47 Å². The van der Waals surface area contributed by atoms with E-state index in [1.54, 1.807) is 12.1 Å². The quantitative estimate of drug-likeness (QED) is 0.402. The Balaban J connectivity index is 1.28. The van der Waals surface area contributed by atoms with Gasteiger partial charge < -0.3 is 20.1 Å². The molecule has 1 fully saturated rings. The van der Waals surface area contributed by atoms with Crippen LogP contribution >= 0.6 is 0 Å². The predicted octanol–water partition coefficient (Wildman–Crippen LogP) is 4.00.